The minimum absolute atomic E-state index is 0.0433. The van der Waals surface area contributed by atoms with Gasteiger partial charge in [0.15, 0.2) is 0 Å². The molecule has 3 rings (SSSR count). The van der Waals surface area contributed by atoms with Gasteiger partial charge in [-0.15, -0.1) is 0 Å². The van der Waals surface area contributed by atoms with E-state index >= 15 is 0 Å². The molecule has 1 aromatic rings. The van der Waals surface area contributed by atoms with E-state index in [4.69, 9.17) is 9.84 Å². The number of ether oxygens (including phenoxy) is 1. The molecule has 1 saturated heterocycles. The SMILES string of the molecule is O=C(NC1CCC(C(=O)O)CC1)NC(CC1CCOC1)c1ccccc1. The van der Waals surface area contributed by atoms with E-state index in [1.165, 1.54) is 0 Å². The highest BCUT2D eigenvalue weighted by Crippen LogP contribution is 2.27. The molecular formula is C20H28N2O4. The zero-order chi connectivity index (χ0) is 18.4. The van der Waals surface area contributed by atoms with Crippen LogP contribution in [0.5, 0.6) is 0 Å². The molecule has 0 spiro atoms. The minimum Gasteiger partial charge on any atom is -0.481 e. The molecule has 142 valence electrons. The number of carbonyl (C=O) groups excluding carboxylic acids is 1. The van der Waals surface area contributed by atoms with Crippen molar-refractivity contribution in [1.82, 2.24) is 10.6 Å². The lowest BCUT2D eigenvalue weighted by atomic mass is 9.86. The molecule has 1 aromatic carbocycles. The Hall–Kier alpha value is -2.08. The molecule has 2 aliphatic rings. The smallest absolute Gasteiger partial charge is 0.315 e. The normalized spacial score (nSPS) is 26.8. The summed E-state index contributed by atoms with van der Waals surface area (Å²) in [6.45, 7) is 1.55. The van der Waals surface area contributed by atoms with Gasteiger partial charge in [0.05, 0.1) is 12.0 Å². The first-order valence-electron chi connectivity index (χ1n) is 9.54. The molecule has 0 aromatic heterocycles. The molecule has 2 amide bonds. The Morgan fingerprint density at radius 3 is 2.46 bits per heavy atom. The fourth-order valence-electron chi connectivity index (χ4n) is 3.94. The van der Waals surface area contributed by atoms with Gasteiger partial charge in [-0.25, -0.2) is 4.79 Å². The summed E-state index contributed by atoms with van der Waals surface area (Å²) in [5, 5.41) is 15.2. The Balaban J connectivity index is 1.54. The molecule has 1 aliphatic carbocycles. The molecule has 26 heavy (non-hydrogen) atoms. The van der Waals surface area contributed by atoms with Crippen LogP contribution in [0.1, 0.15) is 50.1 Å². The standard InChI is InChI=1S/C20H28N2O4/c23-19(24)16-6-8-17(9-7-16)21-20(25)22-18(12-14-10-11-26-13-14)15-4-2-1-3-5-15/h1-5,14,16-18H,6-13H2,(H,23,24)(H2,21,22,25). The number of aliphatic carboxylic acids is 1. The topological polar surface area (TPSA) is 87.7 Å². The second kappa shape index (κ2) is 9.03. The summed E-state index contributed by atoms with van der Waals surface area (Å²) < 4.78 is 5.47. The highest BCUT2D eigenvalue weighted by atomic mass is 16.5. The second-order valence-electron chi connectivity index (χ2n) is 7.43. The van der Waals surface area contributed by atoms with Gasteiger partial charge >= 0.3 is 12.0 Å². The first-order chi connectivity index (χ1) is 12.6. The lowest BCUT2D eigenvalue weighted by Crippen LogP contribution is -2.45. The Bertz CT molecular complexity index is 593. The van der Waals surface area contributed by atoms with Crippen LogP contribution in [0.3, 0.4) is 0 Å². The molecule has 1 heterocycles. The highest BCUT2D eigenvalue weighted by molar-refractivity contribution is 5.75. The third kappa shape index (κ3) is 5.21. The highest BCUT2D eigenvalue weighted by Gasteiger charge is 2.28. The number of nitrogens with one attached hydrogen (secondary N) is 2. The van der Waals surface area contributed by atoms with Gasteiger partial charge in [-0.3, -0.25) is 4.79 Å². The van der Waals surface area contributed by atoms with Gasteiger partial charge < -0.3 is 20.5 Å². The van der Waals surface area contributed by atoms with E-state index in [1.54, 1.807) is 0 Å². The zero-order valence-electron chi connectivity index (χ0n) is 15.0. The maximum atomic E-state index is 12.5. The van der Waals surface area contributed by atoms with Crippen molar-refractivity contribution in [3.63, 3.8) is 0 Å². The molecule has 2 unspecified atom stereocenters. The van der Waals surface area contributed by atoms with Crippen molar-refractivity contribution >= 4 is 12.0 Å². The van der Waals surface area contributed by atoms with Gasteiger partial charge in [0, 0.05) is 19.3 Å². The third-order valence-electron chi connectivity index (χ3n) is 5.51. The fraction of sp³-hybridized carbons (Fsp3) is 0.600. The van der Waals surface area contributed by atoms with Crippen molar-refractivity contribution in [2.45, 2.75) is 50.6 Å². The van der Waals surface area contributed by atoms with Crippen LogP contribution in [-0.4, -0.2) is 36.4 Å². The lowest BCUT2D eigenvalue weighted by Gasteiger charge is -2.28. The van der Waals surface area contributed by atoms with E-state index in [-0.39, 0.29) is 24.0 Å². The van der Waals surface area contributed by atoms with Crippen molar-refractivity contribution in [3.05, 3.63) is 35.9 Å². The number of hydrogen-bond acceptors (Lipinski definition) is 3. The molecule has 2 atom stereocenters. The van der Waals surface area contributed by atoms with Gasteiger partial charge in [-0.2, -0.15) is 0 Å². The predicted molar refractivity (Wildman–Crippen MR) is 97.8 cm³/mol. The van der Waals surface area contributed by atoms with Crippen LogP contribution in [0.15, 0.2) is 30.3 Å². The van der Waals surface area contributed by atoms with Gasteiger partial charge in [-0.05, 0) is 50.0 Å². The maximum absolute atomic E-state index is 12.5. The summed E-state index contributed by atoms with van der Waals surface area (Å²) in [5.41, 5.74) is 1.10. The summed E-state index contributed by atoms with van der Waals surface area (Å²) in [6.07, 6.45) is 4.59. The van der Waals surface area contributed by atoms with Crippen LogP contribution in [0.2, 0.25) is 0 Å². The molecule has 1 saturated carbocycles. The van der Waals surface area contributed by atoms with Crippen molar-refractivity contribution in [2.75, 3.05) is 13.2 Å². The second-order valence-corrected chi connectivity index (χ2v) is 7.43. The number of urea groups is 1. The Morgan fingerprint density at radius 2 is 1.85 bits per heavy atom. The largest absolute Gasteiger partial charge is 0.481 e. The van der Waals surface area contributed by atoms with E-state index in [1.807, 2.05) is 30.3 Å². The fourth-order valence-corrected chi connectivity index (χ4v) is 3.94. The molecule has 2 fully saturated rings. The number of hydrogen-bond donors (Lipinski definition) is 3. The number of rotatable bonds is 6. The molecule has 6 heteroatoms. The lowest BCUT2D eigenvalue weighted by molar-refractivity contribution is -0.142. The van der Waals surface area contributed by atoms with Crippen molar-refractivity contribution in [2.24, 2.45) is 11.8 Å². The number of benzene rings is 1. The molecule has 0 radical (unpaired) electrons. The maximum Gasteiger partial charge on any atom is 0.315 e. The van der Waals surface area contributed by atoms with Crippen LogP contribution < -0.4 is 10.6 Å². The average molecular weight is 360 g/mol. The van der Waals surface area contributed by atoms with Crippen LogP contribution >= 0.6 is 0 Å². The summed E-state index contributed by atoms with van der Waals surface area (Å²) in [7, 11) is 0. The Labute approximate surface area is 154 Å². The van der Waals surface area contributed by atoms with Crippen molar-refractivity contribution in [3.8, 4) is 0 Å². The molecule has 1 aliphatic heterocycles. The average Bonchev–Trinajstić information content (AvgIpc) is 3.15. The molecule has 6 nitrogen and oxygen atoms in total. The first-order valence-corrected chi connectivity index (χ1v) is 9.54. The van der Waals surface area contributed by atoms with E-state index in [9.17, 15) is 9.59 Å². The summed E-state index contributed by atoms with van der Waals surface area (Å²) >= 11 is 0. The number of carboxylic acid groups (broad SMARTS) is 1. The predicted octanol–water partition coefficient (Wildman–Crippen LogP) is 3.10. The summed E-state index contributed by atoms with van der Waals surface area (Å²) in [6, 6.07) is 9.87. The van der Waals surface area contributed by atoms with Gasteiger partial charge in [-0.1, -0.05) is 30.3 Å². The number of amides is 2. The monoisotopic (exact) mass is 360 g/mol. The van der Waals surface area contributed by atoms with Crippen molar-refractivity contribution < 1.29 is 19.4 Å². The molecule has 3 N–H and O–H groups in total. The minimum atomic E-state index is -0.726. The van der Waals surface area contributed by atoms with E-state index in [0.717, 1.165) is 44.5 Å². The van der Waals surface area contributed by atoms with Crippen LogP contribution in [0.25, 0.3) is 0 Å². The van der Waals surface area contributed by atoms with Crippen LogP contribution in [-0.2, 0) is 9.53 Å². The third-order valence-corrected chi connectivity index (χ3v) is 5.51. The Morgan fingerprint density at radius 1 is 1.12 bits per heavy atom. The first kappa shape index (κ1) is 18.7. The van der Waals surface area contributed by atoms with E-state index in [0.29, 0.717) is 18.8 Å². The van der Waals surface area contributed by atoms with Crippen LogP contribution in [0, 0.1) is 11.8 Å². The van der Waals surface area contributed by atoms with Gasteiger partial charge in [0.25, 0.3) is 0 Å². The van der Waals surface area contributed by atoms with E-state index in [2.05, 4.69) is 10.6 Å². The van der Waals surface area contributed by atoms with E-state index < -0.39 is 5.97 Å². The van der Waals surface area contributed by atoms with Crippen molar-refractivity contribution in [1.29, 1.82) is 0 Å². The number of carbonyl (C=O) groups is 2. The quantitative estimate of drug-likeness (QED) is 0.727. The molecule has 0 bridgehead atoms. The zero-order valence-corrected chi connectivity index (χ0v) is 15.0. The van der Waals surface area contributed by atoms with Crippen LogP contribution in [0.4, 0.5) is 4.79 Å². The molecular weight excluding hydrogens is 332 g/mol. The van der Waals surface area contributed by atoms with Gasteiger partial charge in [0.1, 0.15) is 0 Å². The summed E-state index contributed by atoms with van der Waals surface area (Å²) in [5.74, 6) is -0.530. The Kier molecular flexibility index (Phi) is 6.50. The van der Waals surface area contributed by atoms with Gasteiger partial charge in [0.2, 0.25) is 0 Å². The summed E-state index contributed by atoms with van der Waals surface area (Å²) in [4.78, 5) is 23.6. The number of carboxylic acids is 1.